The Bertz CT molecular complexity index is 629. The van der Waals surface area contributed by atoms with Gasteiger partial charge in [-0.05, 0) is 45.5 Å². The summed E-state index contributed by atoms with van der Waals surface area (Å²) < 4.78 is 39.5. The fourth-order valence-electron chi connectivity index (χ4n) is 3.58. The molecule has 1 atom stereocenters. The van der Waals surface area contributed by atoms with Crippen LogP contribution < -0.4 is 5.32 Å². The van der Waals surface area contributed by atoms with E-state index < -0.39 is 17.7 Å². The second-order valence-corrected chi connectivity index (χ2v) is 7.45. The van der Waals surface area contributed by atoms with Gasteiger partial charge in [0.25, 0.3) is 0 Å². The summed E-state index contributed by atoms with van der Waals surface area (Å²) in [6, 6.07) is 3.52. The summed E-state index contributed by atoms with van der Waals surface area (Å²) in [5.74, 6) is -0.328. The number of nitrogens with zero attached hydrogens (tertiary/aromatic N) is 3. The number of piperidine rings is 1. The lowest BCUT2D eigenvalue weighted by Gasteiger charge is -2.35. The van der Waals surface area contributed by atoms with E-state index in [0.29, 0.717) is 19.8 Å². The molecule has 0 bridgehead atoms. The molecule has 0 radical (unpaired) electrons. The van der Waals surface area contributed by atoms with Crippen LogP contribution in [0, 0.1) is 11.6 Å². The molecule has 1 aliphatic rings. The van der Waals surface area contributed by atoms with E-state index in [4.69, 9.17) is 9.47 Å². The molecule has 1 fully saturated rings. The molecule has 2 rings (SSSR count). The average molecular weight is 413 g/mol. The summed E-state index contributed by atoms with van der Waals surface area (Å²) in [5, 5.41) is 3.29. The van der Waals surface area contributed by atoms with E-state index >= 15 is 0 Å². The molecule has 0 amide bonds. The fraction of sp³-hybridized carbons (Fsp3) is 0.667. The Morgan fingerprint density at radius 3 is 2.45 bits per heavy atom. The van der Waals surface area contributed by atoms with E-state index in [9.17, 15) is 8.78 Å². The van der Waals surface area contributed by atoms with Crippen molar-refractivity contribution < 1.29 is 18.3 Å². The van der Waals surface area contributed by atoms with Crippen molar-refractivity contribution in [2.24, 2.45) is 4.99 Å². The summed E-state index contributed by atoms with van der Waals surface area (Å²) in [6.45, 7) is 3.44. The molecule has 0 aromatic heterocycles. The molecule has 29 heavy (non-hydrogen) atoms. The lowest BCUT2D eigenvalue weighted by atomic mass is 10.0. The molecule has 1 N–H and O–H groups in total. The van der Waals surface area contributed by atoms with Crippen LogP contribution in [0.5, 0.6) is 0 Å². The first-order valence-electron chi connectivity index (χ1n) is 10.1. The van der Waals surface area contributed by atoms with Gasteiger partial charge in [-0.15, -0.1) is 0 Å². The Balaban J connectivity index is 1.89. The van der Waals surface area contributed by atoms with Crippen LogP contribution >= 0.6 is 0 Å². The van der Waals surface area contributed by atoms with Gasteiger partial charge in [0.1, 0.15) is 11.6 Å². The number of halogens is 2. The zero-order valence-corrected chi connectivity index (χ0v) is 18.0. The predicted molar refractivity (Wildman–Crippen MR) is 111 cm³/mol. The van der Waals surface area contributed by atoms with Crippen molar-refractivity contribution in [3.63, 3.8) is 0 Å². The molecule has 1 aromatic rings. The Morgan fingerprint density at radius 2 is 1.90 bits per heavy atom. The molecule has 1 saturated heterocycles. The largest absolute Gasteiger partial charge is 0.385 e. The van der Waals surface area contributed by atoms with Crippen LogP contribution in [0.3, 0.4) is 0 Å². The van der Waals surface area contributed by atoms with E-state index in [1.165, 1.54) is 18.2 Å². The number of hydrogen-bond donors (Lipinski definition) is 1. The van der Waals surface area contributed by atoms with E-state index in [-0.39, 0.29) is 11.7 Å². The summed E-state index contributed by atoms with van der Waals surface area (Å²) >= 11 is 0. The molecule has 1 aromatic carbocycles. The number of nitrogens with one attached hydrogen (secondary N) is 1. The first-order valence-corrected chi connectivity index (χ1v) is 10.1. The highest BCUT2D eigenvalue weighted by molar-refractivity contribution is 5.80. The number of aliphatic imine (C=N–C) groups is 1. The van der Waals surface area contributed by atoms with Crippen molar-refractivity contribution >= 4 is 5.96 Å². The number of likely N-dealkylation sites (tertiary alicyclic amines) is 1. The average Bonchev–Trinajstić information content (AvgIpc) is 2.70. The fourth-order valence-corrected chi connectivity index (χ4v) is 3.58. The minimum Gasteiger partial charge on any atom is -0.385 e. The zero-order valence-electron chi connectivity index (χ0n) is 18.0. The second-order valence-electron chi connectivity index (χ2n) is 7.45. The maximum absolute atomic E-state index is 14.3. The van der Waals surface area contributed by atoms with Crippen LogP contribution in [0.2, 0.25) is 0 Å². The molecular formula is C21H34F2N4O2. The first-order chi connectivity index (χ1) is 14.0. The maximum Gasteiger partial charge on any atom is 0.193 e. The van der Waals surface area contributed by atoms with Crippen LogP contribution in [-0.2, 0) is 9.47 Å². The number of hydrogen-bond acceptors (Lipinski definition) is 4. The summed E-state index contributed by atoms with van der Waals surface area (Å²) in [6.07, 6.45) is 3.00. The quantitative estimate of drug-likeness (QED) is 0.384. The number of likely N-dealkylation sites (N-methyl/N-ethyl adjacent to an activating group) is 1. The van der Waals surface area contributed by atoms with Crippen molar-refractivity contribution in [3.05, 3.63) is 35.4 Å². The smallest absolute Gasteiger partial charge is 0.193 e. The third-order valence-corrected chi connectivity index (χ3v) is 5.21. The summed E-state index contributed by atoms with van der Waals surface area (Å²) in [5.41, 5.74) is 0.0728. The zero-order chi connectivity index (χ0) is 21.2. The third kappa shape index (κ3) is 6.90. The highest BCUT2D eigenvalue weighted by atomic mass is 19.1. The van der Waals surface area contributed by atoms with Gasteiger partial charge in [0.2, 0.25) is 0 Å². The molecule has 8 heteroatoms. The van der Waals surface area contributed by atoms with Crippen molar-refractivity contribution in [2.75, 3.05) is 61.1 Å². The molecule has 0 saturated carbocycles. The highest BCUT2D eigenvalue weighted by Gasteiger charge is 2.25. The maximum atomic E-state index is 14.3. The number of rotatable bonds is 9. The van der Waals surface area contributed by atoms with Crippen molar-refractivity contribution in [2.45, 2.75) is 31.4 Å². The van der Waals surface area contributed by atoms with Crippen LogP contribution in [0.1, 0.15) is 30.9 Å². The third-order valence-electron chi connectivity index (χ3n) is 5.21. The lowest BCUT2D eigenvalue weighted by molar-refractivity contribution is 0.00987. The molecule has 0 spiro atoms. The van der Waals surface area contributed by atoms with Gasteiger partial charge in [-0.25, -0.2) is 8.78 Å². The van der Waals surface area contributed by atoms with Crippen molar-refractivity contribution in [1.82, 2.24) is 15.1 Å². The SMILES string of the molecule is CN=C(NCC(c1c(F)cccc1F)N(C)C)N1CCC(OCCCOC)CC1. The van der Waals surface area contributed by atoms with Gasteiger partial charge in [-0.3, -0.25) is 4.99 Å². The van der Waals surface area contributed by atoms with Crippen molar-refractivity contribution in [1.29, 1.82) is 0 Å². The van der Waals surface area contributed by atoms with Gasteiger partial charge >= 0.3 is 0 Å². The Morgan fingerprint density at radius 1 is 1.24 bits per heavy atom. The highest BCUT2D eigenvalue weighted by Crippen LogP contribution is 2.24. The topological polar surface area (TPSA) is 49.3 Å². The van der Waals surface area contributed by atoms with E-state index in [1.54, 1.807) is 14.2 Å². The monoisotopic (exact) mass is 412 g/mol. The molecule has 1 heterocycles. The Kier molecular flexibility index (Phi) is 9.76. The number of guanidine groups is 1. The summed E-state index contributed by atoms with van der Waals surface area (Å²) in [7, 11) is 7.04. The lowest BCUT2D eigenvalue weighted by Crippen LogP contribution is -2.48. The Hall–Kier alpha value is -1.77. The number of methoxy groups -OCH3 is 1. The second kappa shape index (κ2) is 12.0. The molecule has 1 aliphatic heterocycles. The van der Waals surface area contributed by atoms with Gasteiger partial charge in [0.15, 0.2) is 5.96 Å². The van der Waals surface area contributed by atoms with E-state index in [2.05, 4.69) is 15.2 Å². The van der Waals surface area contributed by atoms with E-state index in [1.807, 2.05) is 19.0 Å². The first kappa shape index (κ1) is 23.5. The van der Waals surface area contributed by atoms with Gasteiger partial charge in [0.05, 0.1) is 12.1 Å². The minimum atomic E-state index is -0.535. The van der Waals surface area contributed by atoms with Crippen LogP contribution in [0.15, 0.2) is 23.2 Å². The molecule has 1 unspecified atom stereocenters. The molecule has 6 nitrogen and oxygen atoms in total. The van der Waals surface area contributed by atoms with Gasteiger partial charge in [-0.1, -0.05) is 6.07 Å². The molecule has 0 aliphatic carbocycles. The van der Waals surface area contributed by atoms with Crippen molar-refractivity contribution in [3.8, 4) is 0 Å². The Labute approximate surface area is 172 Å². The number of ether oxygens (including phenoxy) is 2. The van der Waals surface area contributed by atoms with Crippen LogP contribution in [0.4, 0.5) is 8.78 Å². The van der Waals surface area contributed by atoms with Gasteiger partial charge in [-0.2, -0.15) is 0 Å². The summed E-state index contributed by atoms with van der Waals surface area (Å²) in [4.78, 5) is 8.33. The van der Waals surface area contributed by atoms with Crippen LogP contribution in [0.25, 0.3) is 0 Å². The minimum absolute atomic E-state index is 0.0728. The number of benzene rings is 1. The van der Waals surface area contributed by atoms with E-state index in [0.717, 1.165) is 38.3 Å². The predicted octanol–water partition coefficient (Wildman–Crippen LogP) is 2.66. The van der Waals surface area contributed by atoms with Crippen LogP contribution in [-0.4, -0.2) is 83.0 Å². The standard InChI is InChI=1S/C21H34F2N4O2/c1-24-21(27-11-9-16(10-12-27)29-14-6-13-28-4)25-15-19(26(2)3)20-17(22)7-5-8-18(20)23/h5,7-8,16,19H,6,9-15H2,1-4H3,(H,24,25). The molecule has 164 valence electrons. The van der Waals surface area contributed by atoms with Gasteiger partial charge < -0.3 is 24.6 Å². The normalized spacial score (nSPS) is 17.1. The van der Waals surface area contributed by atoms with Gasteiger partial charge in [0, 0.05) is 52.6 Å². The molecular weight excluding hydrogens is 378 g/mol.